The minimum absolute atomic E-state index is 0.0440. The Balaban J connectivity index is 2.05. The van der Waals surface area contributed by atoms with Gasteiger partial charge in [-0.3, -0.25) is 4.79 Å². The van der Waals surface area contributed by atoms with E-state index in [1.807, 2.05) is 17.5 Å². The molecule has 1 amide bonds. The molecule has 0 aliphatic carbocycles. The van der Waals surface area contributed by atoms with Crippen LogP contribution in [-0.2, 0) is 26.1 Å². The first-order valence-electron chi connectivity index (χ1n) is 8.55. The molecule has 1 N–H and O–H groups in total. The summed E-state index contributed by atoms with van der Waals surface area (Å²) in [6.45, 7) is 3.89. The van der Waals surface area contributed by atoms with Crippen LogP contribution >= 0.6 is 22.9 Å². The number of ether oxygens (including phenoxy) is 1. The van der Waals surface area contributed by atoms with Crippen molar-refractivity contribution in [1.29, 1.82) is 0 Å². The molecule has 0 atom stereocenters. The largest absolute Gasteiger partial charge is 0.452 e. The second-order valence-electron chi connectivity index (χ2n) is 5.66. The Morgan fingerprint density at radius 1 is 1.21 bits per heavy atom. The van der Waals surface area contributed by atoms with Crippen molar-refractivity contribution in [2.45, 2.75) is 25.3 Å². The van der Waals surface area contributed by atoms with Crippen LogP contribution in [0.5, 0.6) is 0 Å². The molecule has 0 unspecified atom stereocenters. The molecule has 0 radical (unpaired) electrons. The first-order chi connectivity index (χ1) is 13.3. The van der Waals surface area contributed by atoms with Crippen LogP contribution in [-0.4, -0.2) is 44.3 Å². The van der Waals surface area contributed by atoms with Gasteiger partial charge in [-0.05, 0) is 29.6 Å². The number of carbonyl (C=O) groups excluding carboxylic acids is 2. The van der Waals surface area contributed by atoms with Crippen molar-refractivity contribution in [2.75, 3.05) is 19.7 Å². The number of rotatable bonds is 9. The van der Waals surface area contributed by atoms with E-state index in [2.05, 4.69) is 5.32 Å². The van der Waals surface area contributed by atoms with E-state index in [4.69, 9.17) is 16.3 Å². The van der Waals surface area contributed by atoms with Crippen molar-refractivity contribution in [2.24, 2.45) is 0 Å². The van der Waals surface area contributed by atoms with Crippen LogP contribution in [0.25, 0.3) is 0 Å². The lowest BCUT2D eigenvalue weighted by molar-refractivity contribution is -0.124. The SMILES string of the molecule is CCN(CC)S(=O)(=O)c1ccc(Cl)c(C(=O)OCC(=O)NCc2cccs2)c1. The summed E-state index contributed by atoms with van der Waals surface area (Å²) in [5.41, 5.74) is -0.110. The van der Waals surface area contributed by atoms with E-state index in [-0.39, 0.29) is 15.5 Å². The molecule has 0 aliphatic heterocycles. The molecule has 1 aromatic heterocycles. The van der Waals surface area contributed by atoms with E-state index in [9.17, 15) is 18.0 Å². The van der Waals surface area contributed by atoms with Crippen LogP contribution in [0.3, 0.4) is 0 Å². The number of amides is 1. The van der Waals surface area contributed by atoms with Gasteiger partial charge >= 0.3 is 5.97 Å². The first-order valence-corrected chi connectivity index (χ1v) is 11.2. The van der Waals surface area contributed by atoms with Crippen molar-refractivity contribution in [1.82, 2.24) is 9.62 Å². The van der Waals surface area contributed by atoms with Gasteiger partial charge in [-0.2, -0.15) is 4.31 Å². The zero-order valence-electron chi connectivity index (χ0n) is 15.5. The van der Waals surface area contributed by atoms with Crippen molar-refractivity contribution in [3.8, 4) is 0 Å². The number of nitrogens with zero attached hydrogens (tertiary/aromatic N) is 1. The Labute approximate surface area is 173 Å². The van der Waals surface area contributed by atoms with E-state index < -0.39 is 28.5 Å². The molecule has 0 saturated heterocycles. The minimum atomic E-state index is -3.75. The summed E-state index contributed by atoms with van der Waals surface area (Å²) in [5, 5.41) is 4.57. The average Bonchev–Trinajstić information content (AvgIpc) is 3.19. The number of thiophene rings is 1. The Morgan fingerprint density at radius 3 is 2.54 bits per heavy atom. The summed E-state index contributed by atoms with van der Waals surface area (Å²) in [6, 6.07) is 7.57. The number of carbonyl (C=O) groups is 2. The molecular formula is C18H21ClN2O5S2. The van der Waals surface area contributed by atoms with E-state index in [0.29, 0.717) is 19.6 Å². The summed E-state index contributed by atoms with van der Waals surface area (Å²) in [7, 11) is -3.75. The molecule has 2 rings (SSSR count). The molecule has 2 aromatic rings. The first kappa shape index (κ1) is 22.4. The highest BCUT2D eigenvalue weighted by molar-refractivity contribution is 7.89. The Morgan fingerprint density at radius 2 is 1.93 bits per heavy atom. The van der Waals surface area contributed by atoms with Gasteiger partial charge in [0.15, 0.2) is 6.61 Å². The molecular weight excluding hydrogens is 424 g/mol. The molecule has 0 fully saturated rings. The number of hydrogen-bond donors (Lipinski definition) is 1. The fourth-order valence-corrected chi connectivity index (χ4v) is 4.72. The van der Waals surface area contributed by atoms with Crippen LogP contribution in [0, 0.1) is 0 Å². The highest BCUT2D eigenvalue weighted by Crippen LogP contribution is 2.23. The third-order valence-corrected chi connectivity index (χ3v) is 7.13. The monoisotopic (exact) mass is 444 g/mol. The van der Waals surface area contributed by atoms with Gasteiger partial charge in [0.1, 0.15) is 0 Å². The molecule has 0 aliphatic rings. The van der Waals surface area contributed by atoms with E-state index in [1.165, 1.54) is 33.8 Å². The highest BCUT2D eigenvalue weighted by Gasteiger charge is 2.24. The number of sulfonamides is 1. The van der Waals surface area contributed by atoms with Gasteiger partial charge in [0.25, 0.3) is 5.91 Å². The maximum atomic E-state index is 12.6. The maximum Gasteiger partial charge on any atom is 0.340 e. The number of nitrogens with one attached hydrogen (secondary N) is 1. The van der Waals surface area contributed by atoms with Gasteiger partial charge in [-0.15, -0.1) is 11.3 Å². The number of esters is 1. The Bertz CT molecular complexity index is 925. The molecule has 0 bridgehead atoms. The molecule has 0 saturated carbocycles. The van der Waals surface area contributed by atoms with Crippen LogP contribution in [0.4, 0.5) is 0 Å². The molecule has 152 valence electrons. The van der Waals surface area contributed by atoms with E-state index >= 15 is 0 Å². The van der Waals surface area contributed by atoms with Crippen molar-refractivity contribution >= 4 is 44.8 Å². The van der Waals surface area contributed by atoms with Gasteiger partial charge < -0.3 is 10.1 Å². The van der Waals surface area contributed by atoms with Crippen LogP contribution in [0.2, 0.25) is 5.02 Å². The second kappa shape index (κ2) is 10.0. The summed E-state index contributed by atoms with van der Waals surface area (Å²) >= 11 is 7.52. The Hall–Kier alpha value is -1.94. The quantitative estimate of drug-likeness (QED) is 0.600. The number of halogens is 1. The smallest absolute Gasteiger partial charge is 0.340 e. The standard InChI is InChI=1S/C18H21ClN2O5S2/c1-3-21(4-2)28(24,25)14-7-8-16(19)15(10-14)18(23)26-12-17(22)20-11-13-6-5-9-27-13/h5-10H,3-4,11-12H2,1-2H3,(H,20,22). The third-order valence-electron chi connectivity index (χ3n) is 3.88. The highest BCUT2D eigenvalue weighted by atomic mass is 35.5. The summed E-state index contributed by atoms with van der Waals surface area (Å²) < 4.78 is 31.5. The predicted molar refractivity (Wildman–Crippen MR) is 108 cm³/mol. The van der Waals surface area contributed by atoms with Gasteiger partial charge in [-0.1, -0.05) is 31.5 Å². The van der Waals surface area contributed by atoms with Gasteiger partial charge in [0.05, 0.1) is 22.0 Å². The number of hydrogen-bond acceptors (Lipinski definition) is 6. The van der Waals surface area contributed by atoms with Crippen molar-refractivity contribution in [3.63, 3.8) is 0 Å². The summed E-state index contributed by atoms with van der Waals surface area (Å²) in [6.07, 6.45) is 0. The topological polar surface area (TPSA) is 92.8 Å². The third kappa shape index (κ3) is 5.54. The second-order valence-corrected chi connectivity index (χ2v) is 9.04. The van der Waals surface area contributed by atoms with Crippen LogP contribution in [0.1, 0.15) is 29.1 Å². The lowest BCUT2D eigenvalue weighted by Crippen LogP contribution is -2.31. The maximum absolute atomic E-state index is 12.6. The fourth-order valence-electron chi connectivity index (χ4n) is 2.39. The Kier molecular flexibility index (Phi) is 7.99. The summed E-state index contributed by atoms with van der Waals surface area (Å²) in [4.78, 5) is 25.0. The molecule has 1 aromatic carbocycles. The lowest BCUT2D eigenvalue weighted by atomic mass is 10.2. The lowest BCUT2D eigenvalue weighted by Gasteiger charge is -2.19. The van der Waals surface area contributed by atoms with E-state index in [0.717, 1.165) is 4.88 Å². The normalized spacial score (nSPS) is 11.4. The van der Waals surface area contributed by atoms with Crippen molar-refractivity contribution in [3.05, 3.63) is 51.2 Å². The molecule has 0 spiro atoms. The molecule has 10 heteroatoms. The van der Waals surface area contributed by atoms with Gasteiger partial charge in [0, 0.05) is 18.0 Å². The van der Waals surface area contributed by atoms with Gasteiger partial charge in [0.2, 0.25) is 10.0 Å². The molecule has 1 heterocycles. The van der Waals surface area contributed by atoms with Crippen molar-refractivity contribution < 1.29 is 22.7 Å². The fraction of sp³-hybridized carbons (Fsp3) is 0.333. The summed E-state index contributed by atoms with van der Waals surface area (Å²) in [5.74, 6) is -1.34. The average molecular weight is 445 g/mol. The van der Waals surface area contributed by atoms with Crippen LogP contribution in [0.15, 0.2) is 40.6 Å². The van der Waals surface area contributed by atoms with Crippen LogP contribution < -0.4 is 5.32 Å². The van der Waals surface area contributed by atoms with Gasteiger partial charge in [-0.25, -0.2) is 13.2 Å². The number of benzene rings is 1. The molecule has 7 nitrogen and oxygen atoms in total. The zero-order valence-corrected chi connectivity index (χ0v) is 17.9. The minimum Gasteiger partial charge on any atom is -0.452 e. The molecule has 28 heavy (non-hydrogen) atoms. The predicted octanol–water partition coefficient (Wildman–Crippen LogP) is 2.91. The zero-order chi connectivity index (χ0) is 20.7. The van der Waals surface area contributed by atoms with E-state index in [1.54, 1.807) is 13.8 Å².